The molecule has 7 heteroatoms. The first-order valence-electron chi connectivity index (χ1n) is 8.07. The first-order valence-corrected chi connectivity index (χ1v) is 8.07. The summed E-state index contributed by atoms with van der Waals surface area (Å²) in [6, 6.07) is 7.12. The molecule has 5 rings (SSSR count). The van der Waals surface area contributed by atoms with E-state index in [1.807, 2.05) is 6.07 Å². The van der Waals surface area contributed by atoms with E-state index in [0.717, 1.165) is 5.56 Å². The summed E-state index contributed by atoms with van der Waals surface area (Å²) in [5.74, 6) is 1.21. The highest BCUT2D eigenvalue weighted by Gasteiger charge is 2.35. The second-order valence-corrected chi connectivity index (χ2v) is 6.10. The van der Waals surface area contributed by atoms with Crippen LogP contribution in [-0.4, -0.2) is 24.8 Å². The number of hydrogen-bond donors (Lipinski definition) is 1. The molecule has 1 atom stereocenters. The number of ketones is 1. The van der Waals surface area contributed by atoms with Crippen molar-refractivity contribution in [2.24, 2.45) is 0 Å². The van der Waals surface area contributed by atoms with Gasteiger partial charge in [-0.1, -0.05) is 6.07 Å². The van der Waals surface area contributed by atoms with Crippen LogP contribution in [0.5, 0.6) is 28.7 Å². The van der Waals surface area contributed by atoms with Gasteiger partial charge in [0.15, 0.2) is 28.6 Å². The minimum atomic E-state index is -0.504. The van der Waals surface area contributed by atoms with Gasteiger partial charge in [-0.15, -0.1) is 0 Å². The number of carbonyl (C=O) groups is 1. The number of furan rings is 1. The van der Waals surface area contributed by atoms with E-state index in [9.17, 15) is 9.90 Å². The fourth-order valence-corrected chi connectivity index (χ4v) is 3.45. The van der Waals surface area contributed by atoms with Gasteiger partial charge in [-0.25, -0.2) is 0 Å². The third-order valence-corrected chi connectivity index (χ3v) is 4.68. The molecule has 0 fully saturated rings. The predicted molar refractivity (Wildman–Crippen MR) is 89.3 cm³/mol. The Morgan fingerprint density at radius 3 is 2.88 bits per heavy atom. The normalized spacial score (nSPS) is 17.9. The van der Waals surface area contributed by atoms with Crippen molar-refractivity contribution >= 4 is 16.8 Å². The fraction of sp³-hybridized carbons (Fsp3) is 0.211. The molecule has 2 aromatic carbocycles. The molecule has 26 heavy (non-hydrogen) atoms. The number of carbonyl (C=O) groups excluding carboxylic acids is 1. The summed E-state index contributed by atoms with van der Waals surface area (Å²) in [7, 11) is 1.41. The van der Waals surface area contributed by atoms with Crippen LogP contribution >= 0.6 is 0 Å². The molecule has 0 spiro atoms. The number of ether oxygens (including phenoxy) is 4. The molecule has 1 aromatic heterocycles. The molecule has 0 saturated heterocycles. The van der Waals surface area contributed by atoms with Crippen molar-refractivity contribution < 1.29 is 33.3 Å². The Kier molecular flexibility index (Phi) is 3.06. The Morgan fingerprint density at radius 1 is 1.19 bits per heavy atom. The van der Waals surface area contributed by atoms with E-state index in [0.29, 0.717) is 28.2 Å². The van der Waals surface area contributed by atoms with E-state index >= 15 is 0 Å². The number of methoxy groups -OCH3 is 1. The average molecular weight is 354 g/mol. The Labute approximate surface area is 147 Å². The van der Waals surface area contributed by atoms with Gasteiger partial charge in [0.05, 0.1) is 25.2 Å². The molecule has 7 nitrogen and oxygen atoms in total. The summed E-state index contributed by atoms with van der Waals surface area (Å²) < 4.78 is 27.4. The molecular formula is C19H14O7. The third-order valence-electron chi connectivity index (χ3n) is 4.68. The van der Waals surface area contributed by atoms with Gasteiger partial charge in [-0.3, -0.25) is 4.79 Å². The van der Waals surface area contributed by atoms with Crippen LogP contribution in [0.1, 0.15) is 28.4 Å². The molecule has 3 heterocycles. The maximum Gasteiger partial charge on any atom is 0.231 e. The number of aromatic hydroxyl groups is 1. The van der Waals surface area contributed by atoms with E-state index in [4.69, 9.17) is 23.4 Å². The number of rotatable bonds is 2. The molecule has 0 unspecified atom stereocenters. The van der Waals surface area contributed by atoms with Crippen molar-refractivity contribution in [1.82, 2.24) is 0 Å². The molecule has 0 amide bonds. The number of fused-ring (bicyclic) bond motifs is 4. The van der Waals surface area contributed by atoms with Crippen molar-refractivity contribution in [3.8, 4) is 28.7 Å². The SMILES string of the molecule is COc1c(O)c2c(c3ccoc13)O[C@@H](c1ccc3c(c1)OCO3)CC2=O. The van der Waals surface area contributed by atoms with Gasteiger partial charge in [-0.2, -0.15) is 0 Å². The topological polar surface area (TPSA) is 87.4 Å². The van der Waals surface area contributed by atoms with Gasteiger partial charge in [-0.05, 0) is 23.8 Å². The highest BCUT2D eigenvalue weighted by molar-refractivity contribution is 6.10. The second kappa shape index (κ2) is 5.32. The number of Topliss-reactive ketones (excluding diaryl/α,β-unsaturated/α-hetero) is 1. The lowest BCUT2D eigenvalue weighted by molar-refractivity contribution is 0.0847. The van der Waals surface area contributed by atoms with E-state index in [2.05, 4.69) is 0 Å². The standard InChI is InChI=1S/C19H14O7/c1-22-19-16(21)15-11(20)7-13(26-17(15)10-4-5-23-18(10)19)9-2-3-12-14(6-9)25-8-24-12/h2-6,13,21H,7-8H2,1H3/t13-/m1/s1. The van der Waals surface area contributed by atoms with Gasteiger partial charge in [0.1, 0.15) is 17.4 Å². The van der Waals surface area contributed by atoms with Crippen LogP contribution < -0.4 is 18.9 Å². The zero-order chi connectivity index (χ0) is 17.8. The quantitative estimate of drug-likeness (QED) is 0.752. The lowest BCUT2D eigenvalue weighted by Gasteiger charge is -2.27. The minimum absolute atomic E-state index is 0.0900. The maximum absolute atomic E-state index is 12.8. The summed E-state index contributed by atoms with van der Waals surface area (Å²) in [4.78, 5) is 12.8. The molecule has 2 aliphatic rings. The van der Waals surface area contributed by atoms with E-state index < -0.39 is 6.10 Å². The highest BCUT2D eigenvalue weighted by Crippen LogP contribution is 2.50. The second-order valence-electron chi connectivity index (χ2n) is 6.10. The molecule has 2 aliphatic heterocycles. The monoisotopic (exact) mass is 354 g/mol. The van der Waals surface area contributed by atoms with E-state index in [1.54, 1.807) is 18.2 Å². The first kappa shape index (κ1) is 14.9. The maximum atomic E-state index is 12.8. The van der Waals surface area contributed by atoms with Crippen molar-refractivity contribution in [1.29, 1.82) is 0 Å². The van der Waals surface area contributed by atoms with Crippen molar-refractivity contribution in [3.63, 3.8) is 0 Å². The number of phenols is 1. The van der Waals surface area contributed by atoms with Gasteiger partial charge in [0.2, 0.25) is 12.5 Å². The zero-order valence-corrected chi connectivity index (χ0v) is 13.8. The van der Waals surface area contributed by atoms with Gasteiger partial charge < -0.3 is 28.5 Å². The molecular weight excluding hydrogens is 340 g/mol. The van der Waals surface area contributed by atoms with E-state index in [-0.39, 0.29) is 36.1 Å². The van der Waals surface area contributed by atoms with Crippen LogP contribution in [-0.2, 0) is 0 Å². The number of phenolic OH excluding ortho intramolecular Hbond substituents is 1. The average Bonchev–Trinajstić information content (AvgIpc) is 3.30. The summed E-state index contributed by atoms with van der Waals surface area (Å²) in [5, 5.41) is 11.1. The van der Waals surface area contributed by atoms with Crippen molar-refractivity contribution in [3.05, 3.63) is 41.7 Å². The third kappa shape index (κ3) is 1.97. The smallest absolute Gasteiger partial charge is 0.231 e. The van der Waals surface area contributed by atoms with Crippen LogP contribution in [0.4, 0.5) is 0 Å². The first-order chi connectivity index (χ1) is 12.7. The predicted octanol–water partition coefficient (Wildman–Crippen LogP) is 3.58. The Balaban J connectivity index is 1.64. The fourth-order valence-electron chi connectivity index (χ4n) is 3.45. The Bertz CT molecular complexity index is 1050. The molecule has 3 aromatic rings. The summed E-state index contributed by atoms with van der Waals surface area (Å²) >= 11 is 0. The molecule has 0 radical (unpaired) electrons. The van der Waals surface area contributed by atoms with Crippen LogP contribution in [0.15, 0.2) is 34.9 Å². The largest absolute Gasteiger partial charge is 0.504 e. The molecule has 1 N–H and O–H groups in total. The minimum Gasteiger partial charge on any atom is -0.504 e. The number of hydrogen-bond acceptors (Lipinski definition) is 7. The Morgan fingerprint density at radius 2 is 2.04 bits per heavy atom. The van der Waals surface area contributed by atoms with Crippen LogP contribution in [0, 0.1) is 0 Å². The summed E-state index contributed by atoms with van der Waals surface area (Å²) in [6.45, 7) is 0.176. The summed E-state index contributed by atoms with van der Waals surface area (Å²) in [6.07, 6.45) is 1.05. The highest BCUT2D eigenvalue weighted by atomic mass is 16.7. The van der Waals surface area contributed by atoms with Crippen LogP contribution in [0.3, 0.4) is 0 Å². The molecule has 0 saturated carbocycles. The molecule has 132 valence electrons. The lowest BCUT2D eigenvalue weighted by Crippen LogP contribution is -2.21. The Hall–Kier alpha value is -3.35. The van der Waals surface area contributed by atoms with Crippen molar-refractivity contribution in [2.45, 2.75) is 12.5 Å². The molecule has 0 bridgehead atoms. The summed E-state index contributed by atoms with van der Waals surface area (Å²) in [5.41, 5.74) is 1.25. The zero-order valence-electron chi connectivity index (χ0n) is 13.8. The van der Waals surface area contributed by atoms with Gasteiger partial charge in [0, 0.05) is 0 Å². The van der Waals surface area contributed by atoms with Crippen LogP contribution in [0.25, 0.3) is 11.0 Å². The van der Waals surface area contributed by atoms with E-state index in [1.165, 1.54) is 13.4 Å². The van der Waals surface area contributed by atoms with Gasteiger partial charge in [0.25, 0.3) is 0 Å². The lowest BCUT2D eigenvalue weighted by atomic mass is 9.94. The number of benzene rings is 2. The van der Waals surface area contributed by atoms with Crippen molar-refractivity contribution in [2.75, 3.05) is 13.9 Å². The molecule has 0 aliphatic carbocycles. The van der Waals surface area contributed by atoms with Gasteiger partial charge >= 0.3 is 0 Å². The van der Waals surface area contributed by atoms with Crippen LogP contribution in [0.2, 0.25) is 0 Å².